The summed E-state index contributed by atoms with van der Waals surface area (Å²) in [5.41, 5.74) is 1.19. The summed E-state index contributed by atoms with van der Waals surface area (Å²) in [6, 6.07) is 10.6. The van der Waals surface area contributed by atoms with Crippen molar-refractivity contribution in [2.24, 2.45) is 0 Å². The summed E-state index contributed by atoms with van der Waals surface area (Å²) < 4.78 is 1.10. The van der Waals surface area contributed by atoms with Gasteiger partial charge in [-0.15, -0.1) is 11.3 Å². The zero-order chi connectivity index (χ0) is 13.0. The Hall–Kier alpha value is -0.350. The van der Waals surface area contributed by atoms with Crippen LogP contribution in [-0.2, 0) is 6.54 Å². The molecule has 0 aliphatic carbocycles. The quantitative estimate of drug-likeness (QED) is 0.765. The van der Waals surface area contributed by atoms with Gasteiger partial charge in [0.1, 0.15) is 0 Å². The van der Waals surface area contributed by atoms with E-state index < -0.39 is 0 Å². The fourth-order valence-electron chi connectivity index (χ4n) is 1.85. The normalized spacial score (nSPS) is 12.6. The number of hydrogen-bond acceptors (Lipinski definition) is 2. The summed E-state index contributed by atoms with van der Waals surface area (Å²) in [7, 11) is 0. The highest BCUT2D eigenvalue weighted by Crippen LogP contribution is 2.25. The molecule has 0 spiro atoms. The second-order valence-corrected chi connectivity index (χ2v) is 6.36. The minimum atomic E-state index is 0.413. The molecular weight excluding hydrogens is 330 g/mol. The summed E-state index contributed by atoms with van der Waals surface area (Å²) in [6.07, 6.45) is 1.08. The summed E-state index contributed by atoms with van der Waals surface area (Å²) >= 11 is 11.4. The van der Waals surface area contributed by atoms with E-state index in [9.17, 15) is 0 Å². The highest BCUT2D eigenvalue weighted by Gasteiger charge is 2.10. The molecule has 0 aliphatic heterocycles. The van der Waals surface area contributed by atoms with E-state index in [2.05, 4.69) is 45.7 Å². The van der Waals surface area contributed by atoms with E-state index in [0.29, 0.717) is 6.04 Å². The van der Waals surface area contributed by atoms with Crippen molar-refractivity contribution >= 4 is 38.9 Å². The Morgan fingerprint density at radius 1 is 1.39 bits per heavy atom. The van der Waals surface area contributed by atoms with Crippen LogP contribution in [0.4, 0.5) is 0 Å². The van der Waals surface area contributed by atoms with Crippen LogP contribution in [0.1, 0.15) is 29.8 Å². The molecule has 1 unspecified atom stereocenters. The second-order valence-electron chi connectivity index (χ2n) is 4.09. The van der Waals surface area contributed by atoms with Crippen LogP contribution in [-0.4, -0.2) is 0 Å². The Morgan fingerprint density at radius 3 is 2.89 bits per heavy atom. The summed E-state index contributed by atoms with van der Waals surface area (Å²) in [4.78, 5) is 1.38. The smallest absolute Gasteiger partial charge is 0.0414 e. The molecule has 0 saturated carbocycles. The third-order valence-corrected chi connectivity index (χ3v) is 4.84. The highest BCUT2D eigenvalue weighted by atomic mass is 79.9. The zero-order valence-electron chi connectivity index (χ0n) is 10.1. The van der Waals surface area contributed by atoms with Gasteiger partial charge in [0.2, 0.25) is 0 Å². The van der Waals surface area contributed by atoms with Gasteiger partial charge in [-0.2, -0.15) is 0 Å². The van der Waals surface area contributed by atoms with E-state index in [1.54, 1.807) is 11.3 Å². The number of halogens is 2. The average Bonchev–Trinajstić information content (AvgIpc) is 2.88. The maximum absolute atomic E-state index is 6.02. The lowest BCUT2D eigenvalue weighted by Gasteiger charge is -2.16. The lowest BCUT2D eigenvalue weighted by molar-refractivity contribution is 0.526. The molecule has 2 rings (SSSR count). The van der Waals surface area contributed by atoms with Crippen LogP contribution in [0.2, 0.25) is 5.02 Å². The first-order valence-corrected chi connectivity index (χ1v) is 7.96. The summed E-state index contributed by atoms with van der Waals surface area (Å²) in [5, 5.41) is 6.47. The van der Waals surface area contributed by atoms with E-state index in [-0.39, 0.29) is 0 Å². The minimum absolute atomic E-state index is 0.413. The SMILES string of the molecule is CCC(NCc1cc(Cl)ccc1Br)c1cccs1. The van der Waals surface area contributed by atoms with Crippen molar-refractivity contribution in [3.8, 4) is 0 Å². The third kappa shape index (κ3) is 3.58. The number of rotatable bonds is 5. The largest absolute Gasteiger partial charge is 0.305 e. The molecule has 18 heavy (non-hydrogen) atoms. The molecule has 0 amide bonds. The fourth-order valence-corrected chi connectivity index (χ4v) is 3.31. The van der Waals surface area contributed by atoms with Crippen LogP contribution in [0.15, 0.2) is 40.2 Å². The Kier molecular flexibility index (Phi) is 5.25. The van der Waals surface area contributed by atoms with Gasteiger partial charge in [0.25, 0.3) is 0 Å². The Balaban J connectivity index is 2.04. The molecule has 96 valence electrons. The molecule has 1 nitrogen and oxygen atoms in total. The molecule has 2 aromatic rings. The molecule has 1 atom stereocenters. The van der Waals surface area contributed by atoms with Crippen LogP contribution in [0.25, 0.3) is 0 Å². The molecule has 0 saturated heterocycles. The minimum Gasteiger partial charge on any atom is -0.305 e. The number of thiophene rings is 1. The van der Waals surface area contributed by atoms with Gasteiger partial charge in [-0.3, -0.25) is 0 Å². The topological polar surface area (TPSA) is 12.0 Å². The van der Waals surface area contributed by atoms with Crippen molar-refractivity contribution < 1.29 is 0 Å². The van der Waals surface area contributed by atoms with E-state index in [1.165, 1.54) is 10.4 Å². The monoisotopic (exact) mass is 343 g/mol. The van der Waals surface area contributed by atoms with Gasteiger partial charge < -0.3 is 5.32 Å². The van der Waals surface area contributed by atoms with Crippen molar-refractivity contribution in [2.45, 2.75) is 25.9 Å². The predicted molar refractivity (Wildman–Crippen MR) is 83.3 cm³/mol. The molecule has 0 aliphatic rings. The first-order chi connectivity index (χ1) is 8.70. The lowest BCUT2D eigenvalue weighted by atomic mass is 10.1. The first-order valence-electron chi connectivity index (χ1n) is 5.91. The zero-order valence-corrected chi connectivity index (χ0v) is 13.3. The molecule has 1 N–H and O–H groups in total. The van der Waals surface area contributed by atoms with Gasteiger partial charge in [-0.25, -0.2) is 0 Å². The Morgan fingerprint density at radius 2 is 2.22 bits per heavy atom. The van der Waals surface area contributed by atoms with Crippen molar-refractivity contribution in [1.82, 2.24) is 5.32 Å². The van der Waals surface area contributed by atoms with Crippen LogP contribution in [0.3, 0.4) is 0 Å². The highest BCUT2D eigenvalue weighted by molar-refractivity contribution is 9.10. The molecule has 0 radical (unpaired) electrons. The Labute approximate surface area is 125 Å². The molecule has 0 fully saturated rings. The molecule has 0 bridgehead atoms. The fraction of sp³-hybridized carbons (Fsp3) is 0.286. The van der Waals surface area contributed by atoms with Crippen LogP contribution >= 0.6 is 38.9 Å². The van der Waals surface area contributed by atoms with E-state index in [4.69, 9.17) is 11.6 Å². The number of benzene rings is 1. The molecule has 4 heteroatoms. The van der Waals surface area contributed by atoms with E-state index in [0.717, 1.165) is 22.5 Å². The van der Waals surface area contributed by atoms with Gasteiger partial charge >= 0.3 is 0 Å². The van der Waals surface area contributed by atoms with Crippen molar-refractivity contribution in [3.05, 3.63) is 55.6 Å². The molecule has 1 heterocycles. The van der Waals surface area contributed by atoms with Crippen LogP contribution in [0, 0.1) is 0 Å². The van der Waals surface area contributed by atoms with Gasteiger partial charge in [0.15, 0.2) is 0 Å². The van der Waals surface area contributed by atoms with Gasteiger partial charge in [0.05, 0.1) is 0 Å². The number of nitrogens with one attached hydrogen (secondary N) is 1. The standard InChI is InChI=1S/C14H15BrClNS/c1-2-13(14-4-3-7-18-14)17-9-10-8-11(16)5-6-12(10)15/h3-8,13,17H,2,9H2,1H3. The maximum Gasteiger partial charge on any atom is 0.0414 e. The molecule has 1 aromatic heterocycles. The van der Waals surface area contributed by atoms with Crippen LogP contribution in [0.5, 0.6) is 0 Å². The van der Waals surface area contributed by atoms with Crippen molar-refractivity contribution in [3.63, 3.8) is 0 Å². The van der Waals surface area contributed by atoms with Gasteiger partial charge in [-0.1, -0.05) is 40.5 Å². The van der Waals surface area contributed by atoms with Crippen molar-refractivity contribution in [2.75, 3.05) is 0 Å². The number of hydrogen-bond donors (Lipinski definition) is 1. The predicted octanol–water partition coefficient (Wildman–Crippen LogP) is 5.40. The van der Waals surface area contributed by atoms with Gasteiger partial charge in [0, 0.05) is 27.0 Å². The maximum atomic E-state index is 6.02. The molecule has 1 aromatic carbocycles. The summed E-state index contributed by atoms with van der Waals surface area (Å²) in [5.74, 6) is 0. The lowest BCUT2D eigenvalue weighted by Crippen LogP contribution is -2.19. The van der Waals surface area contributed by atoms with Crippen LogP contribution < -0.4 is 5.32 Å². The van der Waals surface area contributed by atoms with E-state index >= 15 is 0 Å². The van der Waals surface area contributed by atoms with Crippen molar-refractivity contribution in [1.29, 1.82) is 0 Å². The summed E-state index contributed by atoms with van der Waals surface area (Å²) in [6.45, 7) is 3.02. The average molecular weight is 345 g/mol. The first kappa shape index (κ1) is 14.1. The molecular formula is C14H15BrClNS. The van der Waals surface area contributed by atoms with E-state index in [1.807, 2.05) is 18.2 Å². The van der Waals surface area contributed by atoms with Gasteiger partial charge in [-0.05, 0) is 41.6 Å². The third-order valence-electron chi connectivity index (χ3n) is 2.84. The Bertz CT molecular complexity index is 499. The second kappa shape index (κ2) is 6.71.